The van der Waals surface area contributed by atoms with Crippen LogP contribution in [0.2, 0.25) is 0 Å². The third-order valence-electron chi connectivity index (χ3n) is 2.97. The van der Waals surface area contributed by atoms with Gasteiger partial charge in [0.25, 0.3) is 0 Å². The highest BCUT2D eigenvalue weighted by Gasteiger charge is 2.09. The van der Waals surface area contributed by atoms with Crippen LogP contribution in [0.25, 0.3) is 5.69 Å². The van der Waals surface area contributed by atoms with Crippen molar-refractivity contribution in [3.8, 4) is 5.69 Å². The number of benzene rings is 1. The Balaban J connectivity index is 2.29. The van der Waals surface area contributed by atoms with Gasteiger partial charge in [-0.15, -0.1) is 0 Å². The number of hydrogen-bond donors (Lipinski definition) is 1. The summed E-state index contributed by atoms with van der Waals surface area (Å²) in [5, 5.41) is 13.1. The van der Waals surface area contributed by atoms with Gasteiger partial charge in [0.15, 0.2) is 0 Å². The van der Waals surface area contributed by atoms with E-state index in [1.54, 1.807) is 0 Å². The molecule has 0 bridgehead atoms. The molecule has 1 N–H and O–H groups in total. The van der Waals surface area contributed by atoms with Crippen LogP contribution in [0.15, 0.2) is 30.5 Å². The van der Waals surface area contributed by atoms with Gasteiger partial charge in [0.2, 0.25) is 0 Å². The van der Waals surface area contributed by atoms with Crippen LogP contribution in [0.1, 0.15) is 23.2 Å². The van der Waals surface area contributed by atoms with E-state index in [4.69, 9.17) is 5.11 Å². The molecule has 0 aliphatic heterocycles. The highest BCUT2D eigenvalue weighted by atomic mass is 16.4. The number of para-hydroxylation sites is 1. The molecule has 4 nitrogen and oxygen atoms in total. The number of rotatable bonds is 4. The molecule has 2 aromatic rings. The summed E-state index contributed by atoms with van der Waals surface area (Å²) in [5.74, 6) is -0.780. The number of carbonyl (C=O) groups is 1. The Morgan fingerprint density at radius 2 is 2.06 bits per heavy atom. The summed E-state index contributed by atoms with van der Waals surface area (Å²) in [6.45, 7) is 3.94. The second kappa shape index (κ2) is 5.04. The van der Waals surface area contributed by atoms with Crippen LogP contribution in [0.4, 0.5) is 0 Å². The van der Waals surface area contributed by atoms with Crippen molar-refractivity contribution in [3.63, 3.8) is 0 Å². The summed E-state index contributed by atoms with van der Waals surface area (Å²) in [6, 6.07) is 7.99. The fourth-order valence-electron chi connectivity index (χ4n) is 1.93. The maximum atomic E-state index is 10.6. The summed E-state index contributed by atoms with van der Waals surface area (Å²) >= 11 is 0. The normalized spacial score (nSPS) is 10.6. The Bertz CT molecular complexity index is 573. The molecule has 0 spiro atoms. The first kappa shape index (κ1) is 12.4. The van der Waals surface area contributed by atoms with Crippen LogP contribution in [-0.2, 0) is 11.2 Å². The SMILES string of the molecule is Cc1ccccc1-n1cc(CCC(=O)O)c(C)n1. The van der Waals surface area contributed by atoms with E-state index < -0.39 is 5.97 Å². The monoisotopic (exact) mass is 244 g/mol. The zero-order chi connectivity index (χ0) is 13.1. The number of carboxylic acid groups (broad SMARTS) is 1. The lowest BCUT2D eigenvalue weighted by Gasteiger charge is -2.04. The number of nitrogens with zero attached hydrogens (tertiary/aromatic N) is 2. The average molecular weight is 244 g/mol. The number of carboxylic acids is 1. The largest absolute Gasteiger partial charge is 0.481 e. The molecule has 94 valence electrons. The molecule has 0 fully saturated rings. The van der Waals surface area contributed by atoms with E-state index in [0.717, 1.165) is 22.5 Å². The summed E-state index contributed by atoms with van der Waals surface area (Å²) in [4.78, 5) is 10.6. The molecular weight excluding hydrogens is 228 g/mol. The Hall–Kier alpha value is -2.10. The molecule has 0 aliphatic carbocycles. The molecule has 1 aromatic carbocycles. The predicted octanol–water partition coefficient (Wildman–Crippen LogP) is 2.51. The number of hydrogen-bond acceptors (Lipinski definition) is 2. The van der Waals surface area contributed by atoms with E-state index in [-0.39, 0.29) is 6.42 Å². The van der Waals surface area contributed by atoms with Crippen molar-refractivity contribution < 1.29 is 9.90 Å². The van der Waals surface area contributed by atoms with Gasteiger partial charge < -0.3 is 5.11 Å². The van der Waals surface area contributed by atoms with E-state index in [1.165, 1.54) is 0 Å². The molecule has 1 heterocycles. The van der Waals surface area contributed by atoms with Gasteiger partial charge in [-0.1, -0.05) is 18.2 Å². The van der Waals surface area contributed by atoms with Gasteiger partial charge in [-0.25, -0.2) is 4.68 Å². The number of aromatic nitrogens is 2. The van der Waals surface area contributed by atoms with Gasteiger partial charge in [-0.2, -0.15) is 5.10 Å². The van der Waals surface area contributed by atoms with Crippen molar-refractivity contribution in [1.29, 1.82) is 0 Å². The fraction of sp³-hybridized carbons (Fsp3) is 0.286. The molecule has 0 saturated carbocycles. The molecule has 0 atom stereocenters. The first-order valence-corrected chi connectivity index (χ1v) is 5.91. The van der Waals surface area contributed by atoms with Gasteiger partial charge in [0.1, 0.15) is 0 Å². The van der Waals surface area contributed by atoms with Crippen LogP contribution in [0, 0.1) is 13.8 Å². The minimum absolute atomic E-state index is 0.139. The third-order valence-corrected chi connectivity index (χ3v) is 2.97. The Labute approximate surface area is 106 Å². The standard InChI is InChI=1S/C14H16N2O2/c1-10-5-3-4-6-13(10)16-9-12(11(2)15-16)7-8-14(17)18/h3-6,9H,7-8H2,1-2H3,(H,17,18). The Morgan fingerprint density at radius 3 is 2.72 bits per heavy atom. The number of aryl methyl sites for hydroxylation is 3. The molecular formula is C14H16N2O2. The summed E-state index contributed by atoms with van der Waals surface area (Å²) in [5.41, 5.74) is 4.05. The Morgan fingerprint density at radius 1 is 1.33 bits per heavy atom. The van der Waals surface area contributed by atoms with Gasteiger partial charge in [0, 0.05) is 12.6 Å². The minimum atomic E-state index is -0.780. The zero-order valence-corrected chi connectivity index (χ0v) is 10.6. The van der Waals surface area contributed by atoms with Crippen molar-refractivity contribution in [2.24, 2.45) is 0 Å². The molecule has 4 heteroatoms. The van der Waals surface area contributed by atoms with E-state index >= 15 is 0 Å². The quantitative estimate of drug-likeness (QED) is 0.899. The van der Waals surface area contributed by atoms with E-state index in [1.807, 2.05) is 49.0 Å². The first-order chi connectivity index (χ1) is 8.58. The van der Waals surface area contributed by atoms with Gasteiger partial charge in [0.05, 0.1) is 11.4 Å². The highest BCUT2D eigenvalue weighted by Crippen LogP contribution is 2.16. The van der Waals surface area contributed by atoms with Gasteiger partial charge in [-0.3, -0.25) is 4.79 Å². The van der Waals surface area contributed by atoms with E-state index in [9.17, 15) is 4.79 Å². The first-order valence-electron chi connectivity index (χ1n) is 5.91. The molecule has 2 rings (SSSR count). The van der Waals surface area contributed by atoms with E-state index in [2.05, 4.69) is 5.10 Å². The average Bonchev–Trinajstić information content (AvgIpc) is 2.68. The molecule has 0 radical (unpaired) electrons. The van der Waals surface area contributed by atoms with Crippen LogP contribution < -0.4 is 0 Å². The van der Waals surface area contributed by atoms with Crippen molar-refractivity contribution in [2.75, 3.05) is 0 Å². The second-order valence-corrected chi connectivity index (χ2v) is 4.36. The van der Waals surface area contributed by atoms with Crippen LogP contribution in [0.5, 0.6) is 0 Å². The molecule has 0 unspecified atom stereocenters. The van der Waals surface area contributed by atoms with Crippen molar-refractivity contribution in [2.45, 2.75) is 26.7 Å². The molecule has 0 amide bonds. The molecule has 1 aromatic heterocycles. The van der Waals surface area contributed by atoms with Crippen LogP contribution in [-0.4, -0.2) is 20.9 Å². The predicted molar refractivity (Wildman–Crippen MR) is 69.0 cm³/mol. The Kier molecular flexibility index (Phi) is 3.46. The summed E-state index contributed by atoms with van der Waals surface area (Å²) in [6.07, 6.45) is 2.58. The lowest BCUT2D eigenvalue weighted by atomic mass is 10.1. The van der Waals surface area contributed by atoms with Gasteiger partial charge in [-0.05, 0) is 37.5 Å². The van der Waals surface area contributed by atoms with Crippen molar-refractivity contribution in [1.82, 2.24) is 9.78 Å². The summed E-state index contributed by atoms with van der Waals surface area (Å²) in [7, 11) is 0. The highest BCUT2D eigenvalue weighted by molar-refractivity contribution is 5.67. The lowest BCUT2D eigenvalue weighted by Crippen LogP contribution is -1.98. The smallest absolute Gasteiger partial charge is 0.303 e. The lowest BCUT2D eigenvalue weighted by molar-refractivity contribution is -0.136. The number of aliphatic carboxylic acids is 1. The summed E-state index contributed by atoms with van der Waals surface area (Å²) < 4.78 is 1.82. The van der Waals surface area contributed by atoms with Crippen LogP contribution in [0.3, 0.4) is 0 Å². The van der Waals surface area contributed by atoms with Crippen molar-refractivity contribution in [3.05, 3.63) is 47.3 Å². The van der Waals surface area contributed by atoms with Gasteiger partial charge >= 0.3 is 5.97 Å². The van der Waals surface area contributed by atoms with Crippen LogP contribution >= 0.6 is 0 Å². The minimum Gasteiger partial charge on any atom is -0.481 e. The van der Waals surface area contributed by atoms with Crippen molar-refractivity contribution >= 4 is 5.97 Å². The van der Waals surface area contributed by atoms with E-state index in [0.29, 0.717) is 6.42 Å². The molecule has 0 aliphatic rings. The maximum Gasteiger partial charge on any atom is 0.303 e. The maximum absolute atomic E-state index is 10.6. The second-order valence-electron chi connectivity index (χ2n) is 4.36. The molecule has 18 heavy (non-hydrogen) atoms. The molecule has 0 saturated heterocycles. The third kappa shape index (κ3) is 2.59. The fourth-order valence-corrected chi connectivity index (χ4v) is 1.93. The zero-order valence-electron chi connectivity index (χ0n) is 10.6. The topological polar surface area (TPSA) is 55.1 Å².